The minimum atomic E-state index is -0.799. The number of carbonyl (C=O) groups is 2. The summed E-state index contributed by atoms with van der Waals surface area (Å²) < 4.78 is 0. The number of amides is 1. The number of nitrogens with zero attached hydrogens (tertiary/aromatic N) is 1. The van der Waals surface area contributed by atoms with E-state index in [-0.39, 0.29) is 11.8 Å². The number of aliphatic carboxylic acids is 1. The smallest absolute Gasteiger partial charge is 0.308 e. The number of hydrogen-bond donors (Lipinski definition) is 1. The van der Waals surface area contributed by atoms with Crippen LogP contribution in [0, 0.1) is 23.7 Å². The molecular weight excluding hydrogens is 242 g/mol. The highest BCUT2D eigenvalue weighted by molar-refractivity contribution is 5.83. The van der Waals surface area contributed by atoms with E-state index in [9.17, 15) is 9.59 Å². The van der Waals surface area contributed by atoms with Gasteiger partial charge in [-0.3, -0.25) is 9.59 Å². The zero-order valence-corrected chi connectivity index (χ0v) is 11.5. The van der Waals surface area contributed by atoms with Crippen molar-refractivity contribution < 1.29 is 14.7 Å². The Bertz CT molecular complexity index is 379. The van der Waals surface area contributed by atoms with E-state index in [1.54, 1.807) is 6.92 Å². The van der Waals surface area contributed by atoms with E-state index in [0.29, 0.717) is 24.4 Å². The van der Waals surface area contributed by atoms with Crippen molar-refractivity contribution in [2.24, 2.45) is 23.7 Å². The van der Waals surface area contributed by atoms with E-state index < -0.39 is 11.9 Å². The summed E-state index contributed by atoms with van der Waals surface area (Å²) in [7, 11) is 0. The van der Waals surface area contributed by atoms with Gasteiger partial charge >= 0.3 is 5.97 Å². The van der Waals surface area contributed by atoms with E-state index in [1.807, 2.05) is 4.90 Å². The van der Waals surface area contributed by atoms with Crippen LogP contribution in [0.5, 0.6) is 0 Å². The molecule has 0 bridgehead atoms. The van der Waals surface area contributed by atoms with Crippen LogP contribution in [0.2, 0.25) is 0 Å². The van der Waals surface area contributed by atoms with E-state index in [2.05, 4.69) is 0 Å². The van der Waals surface area contributed by atoms with Gasteiger partial charge in [-0.15, -0.1) is 0 Å². The molecule has 0 aliphatic heterocycles. The summed E-state index contributed by atoms with van der Waals surface area (Å²) in [6, 6.07) is 0.331. The van der Waals surface area contributed by atoms with E-state index in [1.165, 1.54) is 25.7 Å². The van der Waals surface area contributed by atoms with Crippen LogP contribution in [0.15, 0.2) is 0 Å². The van der Waals surface area contributed by atoms with Gasteiger partial charge in [0, 0.05) is 18.5 Å². The SMILES string of the molecule is CC(CN(C(=O)C1C2CCCCC21)C1CC1)C(=O)O. The first kappa shape index (κ1) is 12.9. The summed E-state index contributed by atoms with van der Waals surface area (Å²) >= 11 is 0. The summed E-state index contributed by atoms with van der Waals surface area (Å²) in [5.74, 6) is 0.457. The molecule has 4 heteroatoms. The van der Waals surface area contributed by atoms with Crippen molar-refractivity contribution in [2.45, 2.75) is 51.5 Å². The van der Waals surface area contributed by atoms with Gasteiger partial charge < -0.3 is 10.0 Å². The van der Waals surface area contributed by atoms with Crippen LogP contribution in [0.3, 0.4) is 0 Å². The predicted octanol–water partition coefficient (Wildman–Crippen LogP) is 2.13. The minimum absolute atomic E-state index is 0.226. The Morgan fingerprint density at radius 1 is 1.16 bits per heavy atom. The standard InChI is InChI=1S/C15H23NO3/c1-9(15(18)19)8-16(10-6-7-10)14(17)13-11-4-2-3-5-12(11)13/h9-13H,2-8H2,1H3,(H,18,19). The Balaban J connectivity index is 1.64. The molecule has 0 aromatic carbocycles. The number of carboxylic acids is 1. The molecule has 106 valence electrons. The maximum Gasteiger partial charge on any atom is 0.308 e. The second kappa shape index (κ2) is 4.80. The average molecular weight is 265 g/mol. The second-order valence-electron chi connectivity index (χ2n) is 6.60. The molecule has 3 aliphatic rings. The van der Waals surface area contributed by atoms with Crippen molar-refractivity contribution in [3.05, 3.63) is 0 Å². The highest BCUT2D eigenvalue weighted by Crippen LogP contribution is 2.56. The number of carbonyl (C=O) groups excluding carboxylic acids is 1. The predicted molar refractivity (Wildman–Crippen MR) is 70.5 cm³/mol. The molecule has 3 aliphatic carbocycles. The maximum absolute atomic E-state index is 12.6. The molecule has 3 rings (SSSR count). The highest BCUT2D eigenvalue weighted by Gasteiger charge is 2.56. The van der Waals surface area contributed by atoms with Gasteiger partial charge in [0.25, 0.3) is 0 Å². The van der Waals surface area contributed by atoms with Crippen LogP contribution in [-0.2, 0) is 9.59 Å². The van der Waals surface area contributed by atoms with Gasteiger partial charge in [0.1, 0.15) is 0 Å². The molecule has 0 saturated heterocycles. The lowest BCUT2D eigenvalue weighted by Crippen LogP contribution is -2.40. The van der Waals surface area contributed by atoms with Gasteiger partial charge in [-0.05, 0) is 37.5 Å². The lowest BCUT2D eigenvalue weighted by atomic mass is 10.0. The molecule has 1 N–H and O–H groups in total. The molecule has 0 aromatic heterocycles. The van der Waals surface area contributed by atoms with Crippen molar-refractivity contribution in [3.63, 3.8) is 0 Å². The number of fused-ring (bicyclic) bond motifs is 1. The zero-order chi connectivity index (χ0) is 13.6. The average Bonchev–Trinajstić information content (AvgIpc) is 3.26. The van der Waals surface area contributed by atoms with Crippen molar-refractivity contribution >= 4 is 11.9 Å². The third-order valence-corrected chi connectivity index (χ3v) is 5.10. The molecule has 19 heavy (non-hydrogen) atoms. The third-order valence-electron chi connectivity index (χ3n) is 5.10. The van der Waals surface area contributed by atoms with E-state index in [0.717, 1.165) is 12.8 Å². The molecule has 1 amide bonds. The Labute approximate surface area is 114 Å². The summed E-state index contributed by atoms with van der Waals surface area (Å²) in [6.45, 7) is 2.10. The summed E-state index contributed by atoms with van der Waals surface area (Å²) in [6.07, 6.45) is 7.04. The van der Waals surface area contributed by atoms with Crippen molar-refractivity contribution in [1.82, 2.24) is 4.90 Å². The van der Waals surface area contributed by atoms with Gasteiger partial charge in [-0.2, -0.15) is 0 Å². The van der Waals surface area contributed by atoms with Gasteiger partial charge in [0.15, 0.2) is 0 Å². The topological polar surface area (TPSA) is 57.6 Å². The summed E-state index contributed by atoms with van der Waals surface area (Å²) in [5.41, 5.74) is 0. The normalized spacial score (nSPS) is 34.3. The lowest BCUT2D eigenvalue weighted by molar-refractivity contribution is -0.143. The van der Waals surface area contributed by atoms with E-state index >= 15 is 0 Å². The van der Waals surface area contributed by atoms with Crippen LogP contribution < -0.4 is 0 Å². The van der Waals surface area contributed by atoms with Gasteiger partial charge in [0.2, 0.25) is 5.91 Å². The molecule has 0 aromatic rings. The van der Waals surface area contributed by atoms with Gasteiger partial charge in [-0.1, -0.05) is 19.8 Å². The lowest BCUT2D eigenvalue weighted by Gasteiger charge is -2.24. The van der Waals surface area contributed by atoms with Crippen molar-refractivity contribution in [1.29, 1.82) is 0 Å². The minimum Gasteiger partial charge on any atom is -0.481 e. The molecule has 0 spiro atoms. The fourth-order valence-corrected chi connectivity index (χ4v) is 3.73. The Kier molecular flexibility index (Phi) is 3.27. The van der Waals surface area contributed by atoms with Crippen LogP contribution in [0.4, 0.5) is 0 Å². The quantitative estimate of drug-likeness (QED) is 0.828. The molecule has 3 fully saturated rings. The Morgan fingerprint density at radius 2 is 1.74 bits per heavy atom. The maximum atomic E-state index is 12.6. The van der Waals surface area contributed by atoms with Gasteiger partial charge in [0.05, 0.1) is 5.92 Å². The highest BCUT2D eigenvalue weighted by atomic mass is 16.4. The van der Waals surface area contributed by atoms with Crippen LogP contribution in [0.1, 0.15) is 45.4 Å². The molecule has 0 heterocycles. The third kappa shape index (κ3) is 2.49. The first-order chi connectivity index (χ1) is 9.09. The first-order valence-corrected chi connectivity index (χ1v) is 7.63. The summed E-state index contributed by atoms with van der Waals surface area (Å²) in [5, 5.41) is 9.04. The molecule has 3 unspecified atom stereocenters. The van der Waals surface area contributed by atoms with Gasteiger partial charge in [-0.25, -0.2) is 0 Å². The van der Waals surface area contributed by atoms with Crippen molar-refractivity contribution in [3.8, 4) is 0 Å². The number of hydrogen-bond acceptors (Lipinski definition) is 2. The fraction of sp³-hybridized carbons (Fsp3) is 0.867. The van der Waals surface area contributed by atoms with Crippen LogP contribution in [-0.4, -0.2) is 34.5 Å². The number of carboxylic acid groups (broad SMARTS) is 1. The molecule has 4 nitrogen and oxygen atoms in total. The Morgan fingerprint density at radius 3 is 2.21 bits per heavy atom. The molecule has 3 saturated carbocycles. The Hall–Kier alpha value is -1.06. The fourth-order valence-electron chi connectivity index (χ4n) is 3.73. The van der Waals surface area contributed by atoms with E-state index in [4.69, 9.17) is 5.11 Å². The molecular formula is C15H23NO3. The zero-order valence-electron chi connectivity index (χ0n) is 11.5. The van der Waals surface area contributed by atoms with Crippen molar-refractivity contribution in [2.75, 3.05) is 6.54 Å². The molecule has 0 radical (unpaired) electrons. The molecule has 3 atom stereocenters. The monoisotopic (exact) mass is 265 g/mol. The van der Waals surface area contributed by atoms with Crippen LogP contribution in [0.25, 0.3) is 0 Å². The first-order valence-electron chi connectivity index (χ1n) is 7.63. The number of rotatable bonds is 5. The largest absolute Gasteiger partial charge is 0.481 e. The second-order valence-corrected chi connectivity index (χ2v) is 6.60. The summed E-state index contributed by atoms with van der Waals surface area (Å²) in [4.78, 5) is 25.5. The van der Waals surface area contributed by atoms with Crippen LogP contribution >= 0.6 is 0 Å².